The Morgan fingerprint density at radius 3 is 2.79 bits per heavy atom. The molecule has 0 saturated heterocycles. The van der Waals surface area contributed by atoms with E-state index >= 15 is 0 Å². The van der Waals surface area contributed by atoms with Crippen LogP contribution in [0.3, 0.4) is 0 Å². The van der Waals surface area contributed by atoms with Crippen LogP contribution in [0.5, 0.6) is 0 Å². The Bertz CT molecular complexity index is 392. The van der Waals surface area contributed by atoms with Gasteiger partial charge in [0.25, 0.3) is 0 Å². The number of carboxylic acids is 1. The molecule has 0 saturated carbocycles. The van der Waals surface area contributed by atoms with Crippen molar-refractivity contribution in [2.75, 3.05) is 0 Å². The molecule has 0 bridgehead atoms. The fraction of sp³-hybridized carbons (Fsp3) is 0. The molecule has 0 unspecified atom stereocenters. The predicted octanol–water partition coefficient (Wildman–Crippen LogP) is 0.145. The second kappa shape index (κ2) is 4.13. The number of hydrogen-bond donors (Lipinski definition) is 3. The highest BCUT2D eigenvalue weighted by atomic mass is 16.5. The van der Waals surface area contributed by atoms with Gasteiger partial charge in [0.15, 0.2) is 0 Å². The SMILES string of the molecule is N/C=C\C(=C/N)c1nocc1C(=O)O. The van der Waals surface area contributed by atoms with Crippen LogP contribution in [0.15, 0.2) is 29.3 Å². The van der Waals surface area contributed by atoms with Crippen LogP contribution < -0.4 is 11.5 Å². The van der Waals surface area contributed by atoms with Crippen LogP contribution >= 0.6 is 0 Å². The van der Waals surface area contributed by atoms with Gasteiger partial charge >= 0.3 is 5.97 Å². The summed E-state index contributed by atoms with van der Waals surface area (Å²) in [6, 6.07) is 0. The number of aromatic carboxylic acids is 1. The second-order valence-electron chi connectivity index (χ2n) is 2.36. The van der Waals surface area contributed by atoms with E-state index in [4.69, 9.17) is 16.6 Å². The Hall–Kier alpha value is -2.24. The van der Waals surface area contributed by atoms with E-state index in [0.29, 0.717) is 5.57 Å². The summed E-state index contributed by atoms with van der Waals surface area (Å²) in [5.41, 5.74) is 10.9. The van der Waals surface area contributed by atoms with Crippen molar-refractivity contribution in [2.24, 2.45) is 11.5 Å². The summed E-state index contributed by atoms with van der Waals surface area (Å²) >= 11 is 0. The largest absolute Gasteiger partial charge is 0.477 e. The van der Waals surface area contributed by atoms with E-state index in [1.54, 1.807) is 0 Å². The summed E-state index contributed by atoms with van der Waals surface area (Å²) in [4.78, 5) is 10.7. The minimum Gasteiger partial charge on any atom is -0.477 e. The summed E-state index contributed by atoms with van der Waals surface area (Å²) in [6.45, 7) is 0. The third-order valence-electron chi connectivity index (χ3n) is 1.53. The fourth-order valence-corrected chi connectivity index (χ4v) is 0.914. The summed E-state index contributed by atoms with van der Waals surface area (Å²) in [7, 11) is 0. The molecular formula is C8H9N3O3. The van der Waals surface area contributed by atoms with E-state index in [9.17, 15) is 4.79 Å². The minimum atomic E-state index is -1.13. The molecule has 0 aliphatic rings. The monoisotopic (exact) mass is 195 g/mol. The quantitative estimate of drug-likeness (QED) is 0.591. The first-order valence-electron chi connectivity index (χ1n) is 3.69. The maximum absolute atomic E-state index is 10.7. The van der Waals surface area contributed by atoms with E-state index in [1.165, 1.54) is 18.5 Å². The number of hydrogen-bond acceptors (Lipinski definition) is 5. The van der Waals surface area contributed by atoms with Crippen LogP contribution in [0.1, 0.15) is 16.1 Å². The first kappa shape index (κ1) is 9.85. The lowest BCUT2D eigenvalue weighted by atomic mass is 10.1. The minimum absolute atomic E-state index is 0.0557. The zero-order valence-electron chi connectivity index (χ0n) is 7.18. The van der Waals surface area contributed by atoms with Gasteiger partial charge in [-0.1, -0.05) is 5.16 Å². The zero-order valence-corrected chi connectivity index (χ0v) is 7.18. The molecule has 5 N–H and O–H groups in total. The van der Waals surface area contributed by atoms with Crippen molar-refractivity contribution >= 4 is 11.5 Å². The molecule has 1 aromatic rings. The lowest BCUT2D eigenvalue weighted by Crippen LogP contribution is -2.00. The van der Waals surface area contributed by atoms with Crippen molar-refractivity contribution < 1.29 is 14.4 Å². The Morgan fingerprint density at radius 2 is 2.29 bits per heavy atom. The topological polar surface area (TPSA) is 115 Å². The van der Waals surface area contributed by atoms with Gasteiger partial charge in [-0.3, -0.25) is 0 Å². The Labute approximate surface area is 79.5 Å². The average molecular weight is 195 g/mol. The molecule has 0 amide bonds. The molecule has 0 radical (unpaired) electrons. The molecular weight excluding hydrogens is 186 g/mol. The smallest absolute Gasteiger partial charge is 0.341 e. The number of carbonyl (C=O) groups is 1. The van der Waals surface area contributed by atoms with Crippen LogP contribution in [0.2, 0.25) is 0 Å². The number of carboxylic acid groups (broad SMARTS) is 1. The van der Waals surface area contributed by atoms with Crippen LogP contribution in [-0.2, 0) is 0 Å². The number of allylic oxidation sites excluding steroid dienone is 2. The Balaban J connectivity index is 3.17. The summed E-state index contributed by atoms with van der Waals surface area (Å²) in [5.74, 6) is -1.13. The van der Waals surface area contributed by atoms with Crippen molar-refractivity contribution in [1.29, 1.82) is 0 Å². The van der Waals surface area contributed by atoms with Gasteiger partial charge in [0, 0.05) is 11.8 Å². The molecule has 0 aliphatic carbocycles. The third kappa shape index (κ3) is 1.74. The van der Waals surface area contributed by atoms with Crippen molar-refractivity contribution in [3.8, 4) is 0 Å². The predicted molar refractivity (Wildman–Crippen MR) is 49.0 cm³/mol. The van der Waals surface area contributed by atoms with Gasteiger partial charge in [0.2, 0.25) is 0 Å². The van der Waals surface area contributed by atoms with Gasteiger partial charge in [-0.25, -0.2) is 4.79 Å². The molecule has 6 nitrogen and oxygen atoms in total. The second-order valence-corrected chi connectivity index (χ2v) is 2.36. The maximum Gasteiger partial charge on any atom is 0.341 e. The van der Waals surface area contributed by atoms with Crippen LogP contribution in [0.4, 0.5) is 0 Å². The highest BCUT2D eigenvalue weighted by molar-refractivity contribution is 5.93. The fourth-order valence-electron chi connectivity index (χ4n) is 0.914. The van der Waals surface area contributed by atoms with Gasteiger partial charge in [0.05, 0.1) is 0 Å². The van der Waals surface area contributed by atoms with E-state index < -0.39 is 5.97 Å². The standard InChI is InChI=1S/C8H9N3O3/c9-2-1-5(3-10)7-6(8(12)13)4-14-11-7/h1-4H,9-10H2,(H,12,13)/b2-1-,5-3+. The van der Waals surface area contributed by atoms with Crippen molar-refractivity contribution in [2.45, 2.75) is 0 Å². The molecule has 6 heteroatoms. The maximum atomic E-state index is 10.7. The van der Waals surface area contributed by atoms with Gasteiger partial charge in [-0.15, -0.1) is 0 Å². The molecule has 0 aromatic carbocycles. The van der Waals surface area contributed by atoms with E-state index in [1.807, 2.05) is 0 Å². The molecule has 0 atom stereocenters. The summed E-state index contributed by atoms with van der Waals surface area (Å²) in [5, 5.41) is 12.3. The molecule has 0 aliphatic heterocycles. The molecule has 0 fully saturated rings. The lowest BCUT2D eigenvalue weighted by Gasteiger charge is -1.95. The third-order valence-corrected chi connectivity index (χ3v) is 1.53. The number of aromatic nitrogens is 1. The van der Waals surface area contributed by atoms with Gasteiger partial charge in [-0.2, -0.15) is 0 Å². The Morgan fingerprint density at radius 1 is 1.57 bits per heavy atom. The van der Waals surface area contributed by atoms with Crippen LogP contribution in [-0.4, -0.2) is 16.2 Å². The Kier molecular flexibility index (Phi) is 2.90. The first-order valence-corrected chi connectivity index (χ1v) is 3.69. The number of rotatable bonds is 3. The van der Waals surface area contributed by atoms with Crippen LogP contribution in [0.25, 0.3) is 5.57 Å². The van der Waals surface area contributed by atoms with E-state index in [0.717, 1.165) is 6.26 Å². The van der Waals surface area contributed by atoms with Gasteiger partial charge < -0.3 is 21.1 Å². The lowest BCUT2D eigenvalue weighted by molar-refractivity contribution is 0.0696. The summed E-state index contributed by atoms with van der Waals surface area (Å²) < 4.78 is 4.53. The first-order chi connectivity index (χ1) is 6.70. The molecule has 14 heavy (non-hydrogen) atoms. The van der Waals surface area contributed by atoms with E-state index in [-0.39, 0.29) is 11.3 Å². The number of nitrogens with two attached hydrogens (primary N) is 2. The van der Waals surface area contributed by atoms with Crippen molar-refractivity contribution in [3.05, 3.63) is 36.0 Å². The summed E-state index contributed by atoms with van der Waals surface area (Å²) in [6.07, 6.45) is 4.91. The highest BCUT2D eigenvalue weighted by Gasteiger charge is 2.16. The van der Waals surface area contributed by atoms with Crippen molar-refractivity contribution in [3.63, 3.8) is 0 Å². The molecule has 74 valence electrons. The molecule has 0 spiro atoms. The van der Waals surface area contributed by atoms with Gasteiger partial charge in [0.1, 0.15) is 17.5 Å². The normalized spacial score (nSPS) is 12.1. The van der Waals surface area contributed by atoms with E-state index in [2.05, 4.69) is 9.68 Å². The number of nitrogens with zero attached hydrogens (tertiary/aromatic N) is 1. The van der Waals surface area contributed by atoms with Gasteiger partial charge in [-0.05, 0) is 12.3 Å². The van der Waals surface area contributed by atoms with Crippen molar-refractivity contribution in [1.82, 2.24) is 5.16 Å². The van der Waals surface area contributed by atoms with Crippen LogP contribution in [0, 0.1) is 0 Å². The highest BCUT2D eigenvalue weighted by Crippen LogP contribution is 2.17. The zero-order chi connectivity index (χ0) is 10.6. The molecule has 1 aromatic heterocycles. The average Bonchev–Trinajstić information content (AvgIpc) is 2.62. The molecule has 1 rings (SSSR count). The molecule has 1 heterocycles.